The number of urea groups is 1. The fourth-order valence-electron chi connectivity index (χ4n) is 1.69. The van der Waals surface area contributed by atoms with Crippen LogP contribution in [0.2, 0.25) is 10.3 Å². The normalized spacial score (nSPS) is 12.6. The largest absolute Gasteiger partial charge is 0.460 e. The first-order chi connectivity index (χ1) is 13.2. The first-order valence-corrected chi connectivity index (χ1v) is 8.68. The molecular weight excluding hydrogens is 476 g/mol. The lowest BCUT2D eigenvalue weighted by Gasteiger charge is -2.27. The molecule has 0 radical (unpaired) electrons. The third-order valence-electron chi connectivity index (χ3n) is 2.97. The zero-order valence-electron chi connectivity index (χ0n) is 13.5. The van der Waals surface area contributed by atoms with E-state index in [1.807, 2.05) is 0 Å². The van der Waals surface area contributed by atoms with Gasteiger partial charge in [0.25, 0.3) is 0 Å². The molecule has 15 heteroatoms. The standard InChI is InChI=1S/C14H7Cl2F7N4OS/c15-8-5-9(16)26-10(25-8)27-11(28)24-6-1-3-7(4-2-6)29-14(22,23)12(17,18)13(19,20)21/h1-5H,(H2,24,25,26,27,28). The average Bonchev–Trinajstić information content (AvgIpc) is 2.54. The number of hydrogen-bond acceptors (Lipinski definition) is 4. The number of amides is 2. The topological polar surface area (TPSA) is 66.9 Å². The average molecular weight is 483 g/mol. The predicted octanol–water partition coefficient (Wildman–Crippen LogP) is 6.31. The van der Waals surface area contributed by atoms with Gasteiger partial charge < -0.3 is 5.32 Å². The summed E-state index contributed by atoms with van der Waals surface area (Å²) < 4.78 is 89.0. The smallest absolute Gasteiger partial charge is 0.308 e. The summed E-state index contributed by atoms with van der Waals surface area (Å²) in [5.74, 6) is -6.49. The summed E-state index contributed by atoms with van der Waals surface area (Å²) in [7, 11) is 0. The highest BCUT2D eigenvalue weighted by molar-refractivity contribution is 8.00. The van der Waals surface area contributed by atoms with E-state index < -0.39 is 40.0 Å². The van der Waals surface area contributed by atoms with Gasteiger partial charge in [-0.25, -0.2) is 14.8 Å². The SMILES string of the molecule is O=C(Nc1ccc(SC(F)(F)C(F)(F)C(F)(F)F)cc1)Nc1nc(Cl)cc(Cl)n1. The maximum Gasteiger partial charge on any atom is 0.460 e. The molecule has 0 saturated heterocycles. The molecule has 0 unspecified atom stereocenters. The van der Waals surface area contributed by atoms with Gasteiger partial charge in [-0.15, -0.1) is 0 Å². The molecule has 2 aromatic rings. The second-order valence-electron chi connectivity index (χ2n) is 5.13. The Morgan fingerprint density at radius 3 is 1.90 bits per heavy atom. The molecule has 5 nitrogen and oxygen atoms in total. The quantitative estimate of drug-likeness (QED) is 0.297. The molecule has 0 fully saturated rings. The zero-order chi connectivity index (χ0) is 22.0. The predicted molar refractivity (Wildman–Crippen MR) is 92.9 cm³/mol. The van der Waals surface area contributed by atoms with E-state index >= 15 is 0 Å². The maximum atomic E-state index is 13.4. The van der Waals surface area contributed by atoms with E-state index in [2.05, 4.69) is 20.6 Å². The summed E-state index contributed by atoms with van der Waals surface area (Å²) in [6.45, 7) is 0. The number of rotatable bonds is 5. The molecule has 2 amide bonds. The lowest BCUT2D eigenvalue weighted by atomic mass is 10.3. The Balaban J connectivity index is 2.04. The number of anilines is 2. The van der Waals surface area contributed by atoms with Crippen LogP contribution >= 0.6 is 35.0 Å². The molecular formula is C14H7Cl2F7N4OS. The van der Waals surface area contributed by atoms with Gasteiger partial charge in [0.2, 0.25) is 5.95 Å². The van der Waals surface area contributed by atoms with E-state index in [4.69, 9.17) is 23.2 Å². The number of alkyl halides is 7. The summed E-state index contributed by atoms with van der Waals surface area (Å²) in [6, 6.07) is 3.99. The minimum Gasteiger partial charge on any atom is -0.308 e. The summed E-state index contributed by atoms with van der Waals surface area (Å²) >= 11 is 10.3. The molecule has 0 aliphatic carbocycles. The number of carbonyl (C=O) groups is 1. The number of thioether (sulfide) groups is 1. The Labute approximate surface area is 172 Å². The molecule has 0 aliphatic heterocycles. The van der Waals surface area contributed by atoms with Gasteiger partial charge in [-0.05, 0) is 36.0 Å². The monoisotopic (exact) mass is 482 g/mol. The summed E-state index contributed by atoms with van der Waals surface area (Å²) in [4.78, 5) is 18.6. The van der Waals surface area contributed by atoms with Crippen LogP contribution in [0.1, 0.15) is 0 Å². The second-order valence-corrected chi connectivity index (χ2v) is 7.09. The molecule has 0 spiro atoms. The number of benzene rings is 1. The van der Waals surface area contributed by atoms with E-state index in [1.54, 1.807) is 0 Å². The molecule has 0 atom stereocenters. The van der Waals surface area contributed by atoms with E-state index in [0.717, 1.165) is 24.3 Å². The van der Waals surface area contributed by atoms with Crippen molar-refractivity contribution in [3.05, 3.63) is 40.6 Å². The van der Waals surface area contributed by atoms with Crippen molar-refractivity contribution >= 4 is 52.6 Å². The van der Waals surface area contributed by atoms with E-state index in [0.29, 0.717) is 0 Å². The maximum absolute atomic E-state index is 13.4. The van der Waals surface area contributed by atoms with Crippen molar-refractivity contribution in [2.45, 2.75) is 22.2 Å². The van der Waals surface area contributed by atoms with Gasteiger partial charge >= 0.3 is 23.4 Å². The van der Waals surface area contributed by atoms with Crippen LogP contribution in [-0.4, -0.2) is 33.4 Å². The van der Waals surface area contributed by atoms with Crippen molar-refractivity contribution in [1.29, 1.82) is 0 Å². The molecule has 2 N–H and O–H groups in total. The zero-order valence-corrected chi connectivity index (χ0v) is 15.8. The van der Waals surface area contributed by atoms with Crippen molar-refractivity contribution in [2.75, 3.05) is 10.6 Å². The number of carbonyl (C=O) groups excluding carboxylic acids is 1. The number of nitrogens with zero attached hydrogens (tertiary/aromatic N) is 2. The number of halogens is 9. The molecule has 29 heavy (non-hydrogen) atoms. The summed E-state index contributed by atoms with van der Waals surface area (Å²) in [5, 5.41) is -1.15. The second kappa shape index (κ2) is 8.40. The Hall–Kier alpha value is -1.99. The van der Waals surface area contributed by atoms with Crippen molar-refractivity contribution in [3.63, 3.8) is 0 Å². The molecule has 1 aromatic heterocycles. The lowest BCUT2D eigenvalue weighted by molar-refractivity contribution is -0.330. The fourth-order valence-corrected chi connectivity index (χ4v) is 2.93. The van der Waals surface area contributed by atoms with Crippen LogP contribution in [0.3, 0.4) is 0 Å². The number of hydrogen-bond donors (Lipinski definition) is 2. The van der Waals surface area contributed by atoms with Gasteiger partial charge in [-0.2, -0.15) is 30.7 Å². The molecule has 0 aliphatic rings. The number of nitrogens with one attached hydrogen (secondary N) is 2. The van der Waals surface area contributed by atoms with Gasteiger partial charge in [0.15, 0.2) is 0 Å². The van der Waals surface area contributed by atoms with Crippen molar-refractivity contribution in [3.8, 4) is 0 Å². The Morgan fingerprint density at radius 1 is 0.897 bits per heavy atom. The highest BCUT2D eigenvalue weighted by Crippen LogP contribution is 2.53. The van der Waals surface area contributed by atoms with Gasteiger partial charge in [0, 0.05) is 16.6 Å². The van der Waals surface area contributed by atoms with E-state index in [1.165, 1.54) is 6.07 Å². The van der Waals surface area contributed by atoms with Crippen LogP contribution in [0.15, 0.2) is 35.2 Å². The first-order valence-electron chi connectivity index (χ1n) is 7.11. The van der Waals surface area contributed by atoms with Gasteiger partial charge in [0.05, 0.1) is 0 Å². The van der Waals surface area contributed by atoms with Crippen LogP contribution in [0.4, 0.5) is 47.2 Å². The van der Waals surface area contributed by atoms with Crippen LogP contribution in [0, 0.1) is 0 Å². The minimum atomic E-state index is -6.42. The fraction of sp³-hybridized carbons (Fsp3) is 0.214. The summed E-state index contributed by atoms with van der Waals surface area (Å²) in [6.07, 6.45) is -6.42. The van der Waals surface area contributed by atoms with E-state index in [9.17, 15) is 35.5 Å². The van der Waals surface area contributed by atoms with Gasteiger partial charge in [-0.1, -0.05) is 23.2 Å². The highest BCUT2D eigenvalue weighted by Gasteiger charge is 2.73. The Kier molecular flexibility index (Phi) is 6.75. The van der Waals surface area contributed by atoms with Crippen LogP contribution in [0.25, 0.3) is 0 Å². The Morgan fingerprint density at radius 2 is 1.41 bits per heavy atom. The van der Waals surface area contributed by atoms with Crippen LogP contribution in [0.5, 0.6) is 0 Å². The van der Waals surface area contributed by atoms with Gasteiger partial charge in [0.1, 0.15) is 10.3 Å². The third kappa shape index (κ3) is 5.76. The molecule has 2 rings (SSSR count). The molecule has 0 saturated carbocycles. The molecule has 1 aromatic carbocycles. The molecule has 158 valence electrons. The van der Waals surface area contributed by atoms with Crippen molar-refractivity contribution < 1.29 is 35.5 Å². The minimum absolute atomic E-state index is 0.00544. The Bertz CT molecular complexity index is 876. The number of aromatic nitrogens is 2. The molecule has 1 heterocycles. The highest BCUT2D eigenvalue weighted by atomic mass is 35.5. The van der Waals surface area contributed by atoms with Crippen molar-refractivity contribution in [2.24, 2.45) is 0 Å². The van der Waals surface area contributed by atoms with E-state index in [-0.39, 0.29) is 21.9 Å². The van der Waals surface area contributed by atoms with Crippen molar-refractivity contribution in [1.82, 2.24) is 9.97 Å². The first kappa shape index (κ1) is 23.3. The summed E-state index contributed by atoms with van der Waals surface area (Å²) in [5.41, 5.74) is 0.00544. The third-order valence-corrected chi connectivity index (χ3v) is 4.38. The van der Waals surface area contributed by atoms with Crippen LogP contribution < -0.4 is 10.6 Å². The molecule has 0 bridgehead atoms. The van der Waals surface area contributed by atoms with Crippen LogP contribution in [-0.2, 0) is 0 Å². The lowest BCUT2D eigenvalue weighted by Crippen LogP contribution is -2.49. The van der Waals surface area contributed by atoms with Gasteiger partial charge in [-0.3, -0.25) is 5.32 Å².